The van der Waals surface area contributed by atoms with Crippen LogP contribution in [0, 0.1) is 0 Å². The maximum absolute atomic E-state index is 12.6. The highest BCUT2D eigenvalue weighted by Crippen LogP contribution is 2.19. The standard InChI is InChI=1S/C24H22ClN5O6S/c25-18-10-15(21(33)29-11-14-3-1-4-16(31)9-14)5-6-17(18)22(34)30-19(23(35)36)12-28-20(32)13-37-24-26-7-2-8-27-24/h1-10,19,31H,11-13H2,(H,28,32)(H,29,33)(H,30,34)(H,35,36)/t19-/m0/s1. The number of aliphatic carboxylic acids is 1. The van der Waals surface area contributed by atoms with Crippen LogP contribution in [0.25, 0.3) is 0 Å². The molecule has 0 saturated heterocycles. The van der Waals surface area contributed by atoms with E-state index in [0.29, 0.717) is 10.7 Å². The lowest BCUT2D eigenvalue weighted by molar-refractivity contribution is -0.139. The maximum Gasteiger partial charge on any atom is 0.328 e. The second-order valence-electron chi connectivity index (χ2n) is 7.54. The highest BCUT2D eigenvalue weighted by atomic mass is 35.5. The molecule has 0 aliphatic rings. The van der Waals surface area contributed by atoms with Gasteiger partial charge in [0.05, 0.1) is 16.3 Å². The first kappa shape index (κ1) is 27.4. The molecule has 0 unspecified atom stereocenters. The second kappa shape index (κ2) is 13.2. The van der Waals surface area contributed by atoms with Crippen LogP contribution >= 0.6 is 23.4 Å². The van der Waals surface area contributed by atoms with Gasteiger partial charge in [-0.25, -0.2) is 14.8 Å². The highest BCUT2D eigenvalue weighted by Gasteiger charge is 2.23. The number of aromatic hydroxyl groups is 1. The zero-order valence-corrected chi connectivity index (χ0v) is 20.8. The molecule has 37 heavy (non-hydrogen) atoms. The van der Waals surface area contributed by atoms with E-state index in [0.717, 1.165) is 11.8 Å². The summed E-state index contributed by atoms with van der Waals surface area (Å²) in [5, 5.41) is 26.7. The number of carboxylic acids is 1. The van der Waals surface area contributed by atoms with Crippen molar-refractivity contribution in [2.75, 3.05) is 12.3 Å². The molecule has 13 heteroatoms. The van der Waals surface area contributed by atoms with Gasteiger partial charge >= 0.3 is 5.97 Å². The van der Waals surface area contributed by atoms with Crippen LogP contribution < -0.4 is 16.0 Å². The Morgan fingerprint density at radius 1 is 0.973 bits per heavy atom. The molecule has 2 aromatic carbocycles. The van der Waals surface area contributed by atoms with E-state index in [-0.39, 0.29) is 40.7 Å². The van der Waals surface area contributed by atoms with E-state index >= 15 is 0 Å². The number of carboxylic acid groups (broad SMARTS) is 1. The SMILES string of the molecule is O=C(CSc1ncccn1)NC[C@H](NC(=O)c1ccc(C(=O)NCc2cccc(O)c2)cc1Cl)C(=O)O. The van der Waals surface area contributed by atoms with Gasteiger partial charge in [0.1, 0.15) is 11.8 Å². The number of phenols is 1. The van der Waals surface area contributed by atoms with E-state index in [4.69, 9.17) is 11.6 Å². The average molecular weight is 544 g/mol. The van der Waals surface area contributed by atoms with Gasteiger partial charge in [0, 0.05) is 31.0 Å². The molecule has 192 valence electrons. The van der Waals surface area contributed by atoms with Crippen LogP contribution in [0.5, 0.6) is 5.75 Å². The smallest absolute Gasteiger partial charge is 0.328 e. The van der Waals surface area contributed by atoms with Crippen LogP contribution in [0.2, 0.25) is 5.02 Å². The van der Waals surface area contributed by atoms with E-state index in [9.17, 15) is 29.4 Å². The number of thioether (sulfide) groups is 1. The number of phenolic OH excluding ortho intramolecular Hbond substituents is 1. The number of carbonyl (C=O) groups excluding carboxylic acids is 3. The van der Waals surface area contributed by atoms with E-state index in [1.165, 1.54) is 42.7 Å². The fourth-order valence-corrected chi connectivity index (χ4v) is 3.88. The van der Waals surface area contributed by atoms with E-state index < -0.39 is 29.7 Å². The molecule has 3 aromatic rings. The van der Waals surface area contributed by atoms with Crippen molar-refractivity contribution >= 4 is 47.1 Å². The molecule has 0 saturated carbocycles. The van der Waals surface area contributed by atoms with E-state index in [1.54, 1.807) is 18.2 Å². The third-order valence-corrected chi connectivity index (χ3v) is 6.01. The Kier molecular flexibility index (Phi) is 9.81. The van der Waals surface area contributed by atoms with Gasteiger partial charge in [-0.2, -0.15) is 0 Å². The second-order valence-corrected chi connectivity index (χ2v) is 8.89. The Labute approximate surface area is 220 Å². The molecule has 3 amide bonds. The zero-order valence-electron chi connectivity index (χ0n) is 19.2. The molecule has 0 spiro atoms. The van der Waals surface area contributed by atoms with Crippen molar-refractivity contribution in [2.45, 2.75) is 17.7 Å². The van der Waals surface area contributed by atoms with Gasteiger partial charge in [0.2, 0.25) is 5.91 Å². The number of nitrogens with zero attached hydrogens (tertiary/aromatic N) is 2. The quantitative estimate of drug-likeness (QED) is 0.179. The van der Waals surface area contributed by atoms with Crippen LogP contribution in [0.3, 0.4) is 0 Å². The molecule has 1 aromatic heterocycles. The number of nitrogens with one attached hydrogen (secondary N) is 3. The summed E-state index contributed by atoms with van der Waals surface area (Å²) in [7, 11) is 0. The fraction of sp³-hybridized carbons (Fsp3) is 0.167. The summed E-state index contributed by atoms with van der Waals surface area (Å²) in [6.07, 6.45) is 3.06. The molecule has 0 aliphatic carbocycles. The third-order valence-electron chi connectivity index (χ3n) is 4.82. The van der Waals surface area contributed by atoms with Crippen molar-refractivity contribution in [2.24, 2.45) is 0 Å². The van der Waals surface area contributed by atoms with Gasteiger partial charge in [-0.1, -0.05) is 35.5 Å². The van der Waals surface area contributed by atoms with E-state index in [2.05, 4.69) is 25.9 Å². The van der Waals surface area contributed by atoms with Crippen molar-refractivity contribution in [3.05, 3.63) is 82.6 Å². The van der Waals surface area contributed by atoms with Crippen LogP contribution in [-0.2, 0) is 16.1 Å². The van der Waals surface area contributed by atoms with Crippen molar-refractivity contribution in [1.82, 2.24) is 25.9 Å². The first-order valence-corrected chi connectivity index (χ1v) is 12.1. The summed E-state index contributed by atoms with van der Waals surface area (Å²) in [6.45, 7) is -0.195. The van der Waals surface area contributed by atoms with Crippen molar-refractivity contribution < 1.29 is 29.4 Å². The first-order valence-electron chi connectivity index (χ1n) is 10.8. The van der Waals surface area contributed by atoms with Gasteiger partial charge in [0.15, 0.2) is 5.16 Å². The van der Waals surface area contributed by atoms with Crippen LogP contribution in [0.15, 0.2) is 66.1 Å². The Morgan fingerprint density at radius 3 is 2.41 bits per heavy atom. The zero-order chi connectivity index (χ0) is 26.8. The number of aromatic nitrogens is 2. The minimum Gasteiger partial charge on any atom is -0.508 e. The molecule has 0 bridgehead atoms. The normalized spacial score (nSPS) is 11.3. The molecular formula is C24H22ClN5O6S. The Bertz CT molecular complexity index is 1290. The van der Waals surface area contributed by atoms with Gasteiger partial charge in [-0.15, -0.1) is 0 Å². The van der Waals surface area contributed by atoms with Crippen molar-refractivity contribution in [3.8, 4) is 5.75 Å². The minimum absolute atomic E-state index is 0.0366. The lowest BCUT2D eigenvalue weighted by Gasteiger charge is -2.16. The number of halogens is 1. The summed E-state index contributed by atoms with van der Waals surface area (Å²) >= 11 is 7.27. The third kappa shape index (κ3) is 8.47. The van der Waals surface area contributed by atoms with Crippen molar-refractivity contribution in [3.63, 3.8) is 0 Å². The summed E-state index contributed by atoms with van der Waals surface area (Å²) in [5.74, 6) is -3.02. The molecule has 5 N–H and O–H groups in total. The minimum atomic E-state index is -1.42. The topological polar surface area (TPSA) is 171 Å². The molecule has 11 nitrogen and oxygen atoms in total. The van der Waals surface area contributed by atoms with Gasteiger partial charge < -0.3 is 26.2 Å². The summed E-state index contributed by atoms with van der Waals surface area (Å²) in [6, 6.07) is 10.6. The summed E-state index contributed by atoms with van der Waals surface area (Å²) in [5.41, 5.74) is 0.832. The summed E-state index contributed by atoms with van der Waals surface area (Å²) < 4.78 is 0. The van der Waals surface area contributed by atoms with Crippen LogP contribution in [-0.4, -0.2) is 62.2 Å². The predicted molar refractivity (Wildman–Crippen MR) is 135 cm³/mol. The van der Waals surface area contributed by atoms with Crippen LogP contribution in [0.1, 0.15) is 26.3 Å². The van der Waals surface area contributed by atoms with Gasteiger partial charge in [-0.3, -0.25) is 14.4 Å². The molecule has 1 atom stereocenters. The number of hydrogen-bond donors (Lipinski definition) is 5. The number of rotatable bonds is 11. The molecule has 3 rings (SSSR count). The van der Waals surface area contributed by atoms with E-state index in [1.807, 2.05) is 0 Å². The number of amides is 3. The first-order chi connectivity index (χ1) is 17.7. The highest BCUT2D eigenvalue weighted by molar-refractivity contribution is 7.99. The number of carbonyl (C=O) groups is 4. The molecule has 1 heterocycles. The molecular weight excluding hydrogens is 522 g/mol. The van der Waals surface area contributed by atoms with Crippen LogP contribution in [0.4, 0.5) is 0 Å². The lowest BCUT2D eigenvalue weighted by Crippen LogP contribution is -2.48. The largest absolute Gasteiger partial charge is 0.508 e. The molecule has 0 fully saturated rings. The molecule has 0 radical (unpaired) electrons. The monoisotopic (exact) mass is 543 g/mol. The summed E-state index contributed by atoms with van der Waals surface area (Å²) in [4.78, 5) is 56.7. The van der Waals surface area contributed by atoms with Crippen molar-refractivity contribution in [1.29, 1.82) is 0 Å². The van der Waals surface area contributed by atoms with Gasteiger partial charge in [0.25, 0.3) is 11.8 Å². The lowest BCUT2D eigenvalue weighted by atomic mass is 10.1. The van der Waals surface area contributed by atoms with Gasteiger partial charge in [-0.05, 0) is 42.0 Å². The Hall–Kier alpha value is -4.16. The molecule has 0 aliphatic heterocycles. The maximum atomic E-state index is 12.6. The number of hydrogen-bond acceptors (Lipinski definition) is 8. The predicted octanol–water partition coefficient (Wildman–Crippen LogP) is 1.86. The Morgan fingerprint density at radius 2 is 1.73 bits per heavy atom. The Balaban J connectivity index is 1.54. The average Bonchev–Trinajstić information content (AvgIpc) is 2.88. The number of benzene rings is 2. The fourth-order valence-electron chi connectivity index (χ4n) is 2.98.